The molecule has 0 aliphatic carbocycles. The van der Waals surface area contributed by atoms with Crippen LogP contribution in [-0.2, 0) is 4.79 Å². The van der Waals surface area contributed by atoms with Gasteiger partial charge in [-0.15, -0.1) is 0 Å². The van der Waals surface area contributed by atoms with Crippen LogP contribution in [0.1, 0.15) is 31.1 Å². The van der Waals surface area contributed by atoms with Crippen LogP contribution in [0.5, 0.6) is 0 Å². The second-order valence-corrected chi connectivity index (χ2v) is 6.78. The minimum atomic E-state index is 0.00973. The van der Waals surface area contributed by atoms with E-state index >= 15 is 0 Å². The molecule has 2 aromatic rings. The maximum absolute atomic E-state index is 12.7. The molecule has 1 fully saturated rings. The second-order valence-electron chi connectivity index (χ2n) is 6.78. The summed E-state index contributed by atoms with van der Waals surface area (Å²) >= 11 is 0. The van der Waals surface area contributed by atoms with Gasteiger partial charge in [-0.1, -0.05) is 20.8 Å². The van der Waals surface area contributed by atoms with Crippen molar-refractivity contribution in [3.63, 3.8) is 0 Å². The van der Waals surface area contributed by atoms with Crippen LogP contribution >= 0.6 is 0 Å². The zero-order valence-corrected chi connectivity index (χ0v) is 14.5. The van der Waals surface area contributed by atoms with Crippen molar-refractivity contribution in [2.24, 2.45) is 11.8 Å². The lowest BCUT2D eigenvalue weighted by atomic mass is 9.96. The van der Waals surface area contributed by atoms with Crippen LogP contribution in [-0.4, -0.2) is 57.8 Å². The number of aromatic nitrogens is 2. The predicted molar refractivity (Wildman–Crippen MR) is 92.6 cm³/mol. The molecule has 1 aromatic carbocycles. The third-order valence-electron chi connectivity index (χ3n) is 4.94. The van der Waals surface area contributed by atoms with E-state index in [9.17, 15) is 9.59 Å². The van der Waals surface area contributed by atoms with E-state index in [1.807, 2.05) is 34.9 Å². The number of carbonyl (C=O) groups is 2. The number of nitrogens with one attached hydrogen (secondary N) is 1. The van der Waals surface area contributed by atoms with E-state index in [2.05, 4.69) is 23.8 Å². The molecule has 1 atom stereocenters. The van der Waals surface area contributed by atoms with Crippen LogP contribution in [0, 0.1) is 11.8 Å². The number of fused-ring (bicyclic) bond motifs is 1. The van der Waals surface area contributed by atoms with Crippen LogP contribution < -0.4 is 0 Å². The van der Waals surface area contributed by atoms with Crippen molar-refractivity contribution in [3.05, 3.63) is 30.1 Å². The number of piperazine rings is 1. The quantitative estimate of drug-likeness (QED) is 0.938. The summed E-state index contributed by atoms with van der Waals surface area (Å²) in [6.45, 7) is 8.47. The summed E-state index contributed by atoms with van der Waals surface area (Å²) in [5.74, 6) is 0.555. The van der Waals surface area contributed by atoms with Crippen LogP contribution in [0.25, 0.3) is 11.0 Å². The molecule has 24 heavy (non-hydrogen) atoms. The predicted octanol–water partition coefficient (Wildman–Crippen LogP) is 2.14. The Bertz CT molecular complexity index is 744. The van der Waals surface area contributed by atoms with E-state index in [-0.39, 0.29) is 17.7 Å². The summed E-state index contributed by atoms with van der Waals surface area (Å²) < 4.78 is 0. The van der Waals surface area contributed by atoms with Gasteiger partial charge in [-0.05, 0) is 24.1 Å². The molecule has 1 aliphatic heterocycles. The number of hydrogen-bond donors (Lipinski definition) is 1. The van der Waals surface area contributed by atoms with Gasteiger partial charge < -0.3 is 14.8 Å². The van der Waals surface area contributed by atoms with E-state index in [0.29, 0.717) is 37.7 Å². The molecule has 0 radical (unpaired) electrons. The average molecular weight is 328 g/mol. The van der Waals surface area contributed by atoms with Crippen molar-refractivity contribution >= 4 is 22.8 Å². The topological polar surface area (TPSA) is 69.3 Å². The molecule has 0 spiro atoms. The van der Waals surface area contributed by atoms with Gasteiger partial charge in [-0.3, -0.25) is 9.59 Å². The standard InChI is InChI=1S/C18H24N4O2/c1-12(2)13(3)17(23)21-6-8-22(9-7-21)18(24)14-4-5-15-16(10-14)20-11-19-15/h4-5,10-13H,6-9H2,1-3H3,(H,19,20). The number of rotatable bonds is 3. The molecule has 0 bridgehead atoms. The van der Waals surface area contributed by atoms with Gasteiger partial charge in [0.2, 0.25) is 5.91 Å². The van der Waals surface area contributed by atoms with E-state index in [4.69, 9.17) is 0 Å². The first-order valence-electron chi connectivity index (χ1n) is 8.48. The number of aromatic amines is 1. The van der Waals surface area contributed by atoms with Crippen LogP contribution in [0.4, 0.5) is 0 Å². The van der Waals surface area contributed by atoms with Gasteiger partial charge in [0.05, 0.1) is 17.4 Å². The van der Waals surface area contributed by atoms with Gasteiger partial charge >= 0.3 is 0 Å². The highest BCUT2D eigenvalue weighted by atomic mass is 16.2. The third kappa shape index (κ3) is 3.13. The first kappa shape index (κ1) is 16.5. The van der Waals surface area contributed by atoms with Gasteiger partial charge in [0.15, 0.2) is 0 Å². The first-order chi connectivity index (χ1) is 11.5. The molecular formula is C18H24N4O2. The van der Waals surface area contributed by atoms with Gasteiger partial charge in [0.25, 0.3) is 5.91 Å². The maximum atomic E-state index is 12.7. The number of imidazole rings is 1. The molecule has 2 amide bonds. The Morgan fingerprint density at radius 3 is 2.42 bits per heavy atom. The average Bonchev–Trinajstić information content (AvgIpc) is 3.07. The lowest BCUT2D eigenvalue weighted by molar-refractivity contribution is -0.137. The van der Waals surface area contributed by atoms with Crippen molar-refractivity contribution in [1.82, 2.24) is 19.8 Å². The van der Waals surface area contributed by atoms with E-state index in [0.717, 1.165) is 11.0 Å². The van der Waals surface area contributed by atoms with Gasteiger partial charge in [-0.25, -0.2) is 4.98 Å². The highest BCUT2D eigenvalue weighted by Crippen LogP contribution is 2.17. The van der Waals surface area contributed by atoms with Crippen molar-refractivity contribution in [1.29, 1.82) is 0 Å². The van der Waals surface area contributed by atoms with Crippen molar-refractivity contribution in [2.75, 3.05) is 26.2 Å². The van der Waals surface area contributed by atoms with Crippen molar-refractivity contribution in [2.45, 2.75) is 20.8 Å². The van der Waals surface area contributed by atoms with Crippen molar-refractivity contribution < 1.29 is 9.59 Å². The molecule has 1 aromatic heterocycles. The number of nitrogens with zero attached hydrogens (tertiary/aromatic N) is 3. The second kappa shape index (κ2) is 6.63. The molecule has 1 aliphatic rings. The molecule has 2 heterocycles. The molecule has 128 valence electrons. The Kier molecular flexibility index (Phi) is 4.55. The summed E-state index contributed by atoms with van der Waals surface area (Å²) in [6, 6.07) is 5.50. The first-order valence-corrected chi connectivity index (χ1v) is 8.48. The minimum absolute atomic E-state index is 0.00973. The monoisotopic (exact) mass is 328 g/mol. The lowest BCUT2D eigenvalue weighted by Crippen LogP contribution is -2.52. The van der Waals surface area contributed by atoms with E-state index < -0.39 is 0 Å². The van der Waals surface area contributed by atoms with Gasteiger partial charge in [0.1, 0.15) is 0 Å². The molecule has 0 saturated carbocycles. The number of carbonyl (C=O) groups excluding carboxylic acids is 2. The zero-order chi connectivity index (χ0) is 17.3. The molecule has 6 heteroatoms. The molecular weight excluding hydrogens is 304 g/mol. The third-order valence-corrected chi connectivity index (χ3v) is 4.94. The summed E-state index contributed by atoms with van der Waals surface area (Å²) in [4.78, 5) is 36.0. The van der Waals surface area contributed by atoms with Gasteiger partial charge in [-0.2, -0.15) is 0 Å². The maximum Gasteiger partial charge on any atom is 0.254 e. The van der Waals surface area contributed by atoms with Crippen LogP contribution in [0.15, 0.2) is 24.5 Å². The minimum Gasteiger partial charge on any atom is -0.345 e. The molecule has 1 saturated heterocycles. The summed E-state index contributed by atoms with van der Waals surface area (Å²) in [5, 5.41) is 0. The molecule has 1 N–H and O–H groups in total. The zero-order valence-electron chi connectivity index (χ0n) is 14.5. The van der Waals surface area contributed by atoms with Gasteiger partial charge in [0, 0.05) is 37.7 Å². The SMILES string of the molecule is CC(C)C(C)C(=O)N1CCN(C(=O)c2ccc3nc[nH]c3c2)CC1. The van der Waals surface area contributed by atoms with Crippen LogP contribution in [0.2, 0.25) is 0 Å². The number of H-pyrrole nitrogens is 1. The normalized spacial score (nSPS) is 16.7. The Balaban J connectivity index is 1.63. The number of hydrogen-bond acceptors (Lipinski definition) is 3. The molecule has 6 nitrogen and oxygen atoms in total. The highest BCUT2D eigenvalue weighted by molar-refractivity contribution is 5.97. The molecule has 1 unspecified atom stereocenters. The van der Waals surface area contributed by atoms with E-state index in [1.165, 1.54) is 0 Å². The fourth-order valence-corrected chi connectivity index (χ4v) is 2.95. The lowest BCUT2D eigenvalue weighted by Gasteiger charge is -2.36. The fourth-order valence-electron chi connectivity index (χ4n) is 2.95. The summed E-state index contributed by atoms with van der Waals surface area (Å²) in [6.07, 6.45) is 1.62. The summed E-state index contributed by atoms with van der Waals surface area (Å²) in [7, 11) is 0. The largest absolute Gasteiger partial charge is 0.345 e. The Labute approximate surface area is 141 Å². The van der Waals surface area contributed by atoms with Crippen molar-refractivity contribution in [3.8, 4) is 0 Å². The number of benzene rings is 1. The fraction of sp³-hybridized carbons (Fsp3) is 0.500. The van der Waals surface area contributed by atoms with E-state index in [1.54, 1.807) is 6.33 Å². The smallest absolute Gasteiger partial charge is 0.254 e. The Morgan fingerprint density at radius 2 is 1.75 bits per heavy atom. The Hall–Kier alpha value is -2.37. The highest BCUT2D eigenvalue weighted by Gasteiger charge is 2.28. The Morgan fingerprint density at radius 1 is 1.08 bits per heavy atom. The summed E-state index contributed by atoms with van der Waals surface area (Å²) in [5.41, 5.74) is 2.37. The number of amides is 2. The van der Waals surface area contributed by atoms with Crippen LogP contribution in [0.3, 0.4) is 0 Å². The molecule has 3 rings (SSSR count).